The summed E-state index contributed by atoms with van der Waals surface area (Å²) in [6, 6.07) is 3.68. The molecule has 3 rings (SSSR count). The molecule has 1 aromatic heterocycles. The second-order valence-corrected chi connectivity index (χ2v) is 6.71. The first kappa shape index (κ1) is 17.3. The zero-order chi connectivity index (χ0) is 17.0. The van der Waals surface area contributed by atoms with Gasteiger partial charge in [-0.05, 0) is 39.1 Å². The Morgan fingerprint density at radius 2 is 2.17 bits per heavy atom. The molecular weight excluding hydrogens is 310 g/mol. The van der Waals surface area contributed by atoms with Crippen LogP contribution < -0.4 is 5.32 Å². The largest absolute Gasteiger partial charge is 0.467 e. The van der Waals surface area contributed by atoms with Gasteiger partial charge in [0.25, 0.3) is 0 Å². The van der Waals surface area contributed by atoms with Gasteiger partial charge in [-0.2, -0.15) is 0 Å². The summed E-state index contributed by atoms with van der Waals surface area (Å²) in [5, 5.41) is 3.11. The lowest BCUT2D eigenvalue weighted by atomic mass is 9.88. The van der Waals surface area contributed by atoms with Gasteiger partial charge in [0.2, 0.25) is 0 Å². The van der Waals surface area contributed by atoms with Crippen LogP contribution in [0.1, 0.15) is 24.7 Å². The van der Waals surface area contributed by atoms with Crippen molar-refractivity contribution in [2.75, 3.05) is 53.6 Å². The fourth-order valence-electron chi connectivity index (χ4n) is 3.37. The Hall–Kier alpha value is -1.57. The first-order valence-corrected chi connectivity index (χ1v) is 8.54. The molecular formula is C17H27N3O4. The number of likely N-dealkylation sites (N-methyl/N-ethyl adjacent to an activating group) is 1. The molecule has 2 aliphatic heterocycles. The Labute approximate surface area is 142 Å². The lowest BCUT2D eigenvalue weighted by molar-refractivity contribution is -0.0283. The van der Waals surface area contributed by atoms with E-state index in [4.69, 9.17) is 13.9 Å². The smallest absolute Gasteiger partial charge is 0.317 e. The molecule has 3 heterocycles. The third-order valence-electron chi connectivity index (χ3n) is 5.16. The third-order valence-corrected chi connectivity index (χ3v) is 5.16. The Balaban J connectivity index is 1.56. The summed E-state index contributed by atoms with van der Waals surface area (Å²) in [6.07, 6.45) is 3.30. The molecule has 2 amide bonds. The third kappa shape index (κ3) is 3.74. The SMILES string of the molecule is CN(C)C1(CNC(=O)N2CCO[C@H](c3ccco3)C2)CCOCC1. The number of nitrogens with one attached hydrogen (secondary N) is 1. The molecule has 0 saturated carbocycles. The maximum atomic E-state index is 12.6. The number of nitrogens with zero attached hydrogens (tertiary/aromatic N) is 2. The van der Waals surface area contributed by atoms with Crippen LogP contribution in [0.4, 0.5) is 4.79 Å². The summed E-state index contributed by atoms with van der Waals surface area (Å²) in [5.41, 5.74) is -0.0272. The van der Waals surface area contributed by atoms with Gasteiger partial charge in [0.1, 0.15) is 11.9 Å². The second-order valence-electron chi connectivity index (χ2n) is 6.71. The van der Waals surface area contributed by atoms with Crippen LogP contribution in [0.3, 0.4) is 0 Å². The second kappa shape index (κ2) is 7.55. The predicted octanol–water partition coefficient (Wildman–Crippen LogP) is 1.47. The Kier molecular flexibility index (Phi) is 5.43. The number of rotatable bonds is 4. The van der Waals surface area contributed by atoms with Crippen molar-refractivity contribution >= 4 is 6.03 Å². The van der Waals surface area contributed by atoms with Gasteiger partial charge < -0.3 is 29.0 Å². The standard InChI is InChI=1S/C17H27N3O4/c1-19(2)17(5-9-22-10-6-17)13-18-16(21)20-7-11-24-15(12-20)14-4-3-8-23-14/h3-4,8,15H,5-7,9-13H2,1-2H3,(H,18,21)/t15-/m0/s1. The summed E-state index contributed by atoms with van der Waals surface area (Å²) in [7, 11) is 4.14. The van der Waals surface area contributed by atoms with Crippen molar-refractivity contribution in [3.05, 3.63) is 24.2 Å². The molecule has 0 unspecified atom stereocenters. The van der Waals surface area contributed by atoms with Crippen LogP contribution in [0.25, 0.3) is 0 Å². The molecule has 2 aliphatic rings. The van der Waals surface area contributed by atoms with Crippen molar-refractivity contribution in [1.29, 1.82) is 0 Å². The lowest BCUT2D eigenvalue weighted by Gasteiger charge is -2.43. The van der Waals surface area contributed by atoms with Crippen LogP contribution in [-0.4, -0.2) is 74.9 Å². The van der Waals surface area contributed by atoms with Crippen LogP contribution in [0.2, 0.25) is 0 Å². The van der Waals surface area contributed by atoms with E-state index in [1.54, 1.807) is 11.2 Å². The minimum absolute atomic E-state index is 0.0272. The van der Waals surface area contributed by atoms with E-state index in [1.807, 2.05) is 12.1 Å². The van der Waals surface area contributed by atoms with Gasteiger partial charge in [-0.1, -0.05) is 0 Å². The highest BCUT2D eigenvalue weighted by Gasteiger charge is 2.36. The van der Waals surface area contributed by atoms with Crippen molar-refractivity contribution in [2.45, 2.75) is 24.5 Å². The van der Waals surface area contributed by atoms with E-state index in [1.165, 1.54) is 0 Å². The molecule has 0 radical (unpaired) electrons. The molecule has 0 bridgehead atoms. The number of furan rings is 1. The molecule has 24 heavy (non-hydrogen) atoms. The Morgan fingerprint density at radius 3 is 2.83 bits per heavy atom. The predicted molar refractivity (Wildman–Crippen MR) is 88.8 cm³/mol. The number of carbonyl (C=O) groups excluding carboxylic acids is 1. The van der Waals surface area contributed by atoms with Crippen molar-refractivity contribution in [1.82, 2.24) is 15.1 Å². The molecule has 2 fully saturated rings. The molecule has 0 aliphatic carbocycles. The van der Waals surface area contributed by atoms with E-state index in [0.29, 0.717) is 26.2 Å². The number of morpholine rings is 1. The van der Waals surface area contributed by atoms with Crippen molar-refractivity contribution in [2.24, 2.45) is 0 Å². The number of amides is 2. The maximum absolute atomic E-state index is 12.6. The summed E-state index contributed by atoms with van der Waals surface area (Å²) in [6.45, 7) is 3.74. The van der Waals surface area contributed by atoms with Crippen LogP contribution >= 0.6 is 0 Å². The molecule has 0 aromatic carbocycles. The number of ether oxygens (including phenoxy) is 2. The molecule has 1 aromatic rings. The Bertz CT molecular complexity index is 526. The molecule has 134 valence electrons. The average molecular weight is 337 g/mol. The maximum Gasteiger partial charge on any atom is 0.317 e. The highest BCUT2D eigenvalue weighted by Crippen LogP contribution is 2.26. The van der Waals surface area contributed by atoms with E-state index in [-0.39, 0.29) is 17.7 Å². The van der Waals surface area contributed by atoms with Crippen LogP contribution in [0.15, 0.2) is 22.8 Å². The summed E-state index contributed by atoms with van der Waals surface area (Å²) < 4.78 is 16.6. The monoisotopic (exact) mass is 337 g/mol. The quantitative estimate of drug-likeness (QED) is 0.901. The molecule has 2 saturated heterocycles. The van der Waals surface area contributed by atoms with Crippen LogP contribution in [0.5, 0.6) is 0 Å². The highest BCUT2D eigenvalue weighted by atomic mass is 16.5. The number of carbonyl (C=O) groups is 1. The fourth-order valence-corrected chi connectivity index (χ4v) is 3.37. The van der Waals surface area contributed by atoms with Crippen LogP contribution in [-0.2, 0) is 9.47 Å². The highest BCUT2D eigenvalue weighted by molar-refractivity contribution is 5.74. The van der Waals surface area contributed by atoms with Crippen LogP contribution in [0, 0.1) is 0 Å². The minimum Gasteiger partial charge on any atom is -0.467 e. The molecule has 7 nitrogen and oxygen atoms in total. The lowest BCUT2D eigenvalue weighted by Crippen LogP contribution is -2.58. The van der Waals surface area contributed by atoms with Crippen molar-refractivity contribution < 1.29 is 18.7 Å². The topological polar surface area (TPSA) is 67.2 Å². The molecule has 1 N–H and O–H groups in total. The Morgan fingerprint density at radius 1 is 1.38 bits per heavy atom. The number of hydrogen-bond donors (Lipinski definition) is 1. The molecule has 0 spiro atoms. The first-order valence-electron chi connectivity index (χ1n) is 8.54. The van der Waals surface area contributed by atoms with Gasteiger partial charge in [0, 0.05) is 31.8 Å². The first-order chi connectivity index (χ1) is 11.6. The van der Waals surface area contributed by atoms with Gasteiger partial charge in [-0.25, -0.2) is 4.79 Å². The van der Waals surface area contributed by atoms with Crippen molar-refractivity contribution in [3.63, 3.8) is 0 Å². The summed E-state index contributed by atoms with van der Waals surface area (Å²) in [4.78, 5) is 16.6. The van der Waals surface area contributed by atoms with E-state index >= 15 is 0 Å². The number of urea groups is 1. The molecule has 1 atom stereocenters. The van der Waals surface area contributed by atoms with E-state index in [9.17, 15) is 4.79 Å². The summed E-state index contributed by atoms with van der Waals surface area (Å²) >= 11 is 0. The minimum atomic E-state index is -0.189. The average Bonchev–Trinajstić information content (AvgIpc) is 3.15. The van der Waals surface area contributed by atoms with E-state index in [0.717, 1.165) is 31.8 Å². The van der Waals surface area contributed by atoms with Gasteiger partial charge in [0.15, 0.2) is 0 Å². The van der Waals surface area contributed by atoms with Gasteiger partial charge in [-0.3, -0.25) is 0 Å². The summed E-state index contributed by atoms with van der Waals surface area (Å²) in [5.74, 6) is 0.765. The van der Waals surface area contributed by atoms with E-state index in [2.05, 4.69) is 24.3 Å². The zero-order valence-corrected chi connectivity index (χ0v) is 14.5. The van der Waals surface area contributed by atoms with Gasteiger partial charge in [0.05, 0.1) is 19.4 Å². The van der Waals surface area contributed by atoms with Gasteiger partial charge >= 0.3 is 6.03 Å². The zero-order valence-electron chi connectivity index (χ0n) is 14.5. The van der Waals surface area contributed by atoms with Crippen molar-refractivity contribution in [3.8, 4) is 0 Å². The fraction of sp³-hybridized carbons (Fsp3) is 0.706. The number of hydrogen-bond acceptors (Lipinski definition) is 5. The molecule has 7 heteroatoms. The normalized spacial score (nSPS) is 24.1. The van der Waals surface area contributed by atoms with E-state index < -0.39 is 0 Å². The van der Waals surface area contributed by atoms with Gasteiger partial charge in [-0.15, -0.1) is 0 Å².